The van der Waals surface area contributed by atoms with E-state index < -0.39 is 0 Å². The van der Waals surface area contributed by atoms with Gasteiger partial charge in [-0.15, -0.1) is 0 Å². The number of quaternary nitrogens is 1. The van der Waals surface area contributed by atoms with Gasteiger partial charge in [-0.1, -0.05) is 42.5 Å². The van der Waals surface area contributed by atoms with Crippen LogP contribution < -0.4 is 20.1 Å². The van der Waals surface area contributed by atoms with Crippen molar-refractivity contribution in [2.24, 2.45) is 0 Å². The SMILES string of the molecule is C[C@H](NC(=O)C[NH+]1CCN(c2cccc[nH+]2)CC1)c1ccc2ccccc2c1. The summed E-state index contributed by atoms with van der Waals surface area (Å²) in [5.41, 5.74) is 1.14. The predicted molar refractivity (Wildman–Crippen MR) is 111 cm³/mol. The third-order valence-electron chi connectivity index (χ3n) is 5.57. The van der Waals surface area contributed by atoms with Crippen LogP contribution in [-0.4, -0.2) is 38.6 Å². The van der Waals surface area contributed by atoms with Gasteiger partial charge in [0.05, 0.1) is 12.2 Å². The van der Waals surface area contributed by atoms with Crippen LogP contribution in [-0.2, 0) is 4.79 Å². The molecule has 3 aromatic rings. The Kier molecular flexibility index (Phi) is 5.53. The van der Waals surface area contributed by atoms with E-state index in [1.165, 1.54) is 15.7 Å². The lowest BCUT2D eigenvalue weighted by Crippen LogP contribution is -3.16. The fourth-order valence-electron chi connectivity index (χ4n) is 3.90. The number of piperazine rings is 1. The van der Waals surface area contributed by atoms with Gasteiger partial charge in [-0.3, -0.25) is 9.69 Å². The van der Waals surface area contributed by atoms with E-state index in [1.807, 2.05) is 30.5 Å². The van der Waals surface area contributed by atoms with Gasteiger partial charge in [-0.25, -0.2) is 4.98 Å². The highest BCUT2D eigenvalue weighted by molar-refractivity contribution is 5.83. The minimum atomic E-state index is 0.0108. The van der Waals surface area contributed by atoms with Gasteiger partial charge in [-0.2, -0.15) is 0 Å². The number of amides is 1. The zero-order valence-electron chi connectivity index (χ0n) is 16.3. The van der Waals surface area contributed by atoms with Crippen molar-refractivity contribution in [1.82, 2.24) is 5.32 Å². The van der Waals surface area contributed by atoms with Crippen LogP contribution in [0.15, 0.2) is 66.9 Å². The number of fused-ring (bicyclic) bond motifs is 1. The first-order valence-corrected chi connectivity index (χ1v) is 10.0. The van der Waals surface area contributed by atoms with Crippen LogP contribution in [0.25, 0.3) is 10.8 Å². The van der Waals surface area contributed by atoms with Gasteiger partial charge in [0, 0.05) is 6.07 Å². The molecule has 0 spiro atoms. The highest BCUT2D eigenvalue weighted by Gasteiger charge is 2.27. The Morgan fingerprint density at radius 3 is 2.57 bits per heavy atom. The molecular weight excluding hydrogens is 348 g/mol. The average Bonchev–Trinajstić information content (AvgIpc) is 2.74. The van der Waals surface area contributed by atoms with Crippen molar-refractivity contribution in [2.75, 3.05) is 37.6 Å². The lowest BCUT2D eigenvalue weighted by molar-refractivity contribution is -0.892. The monoisotopic (exact) mass is 376 g/mol. The largest absolute Gasteiger partial charge is 0.345 e. The summed E-state index contributed by atoms with van der Waals surface area (Å²) in [6.45, 7) is 6.46. The first kappa shape index (κ1) is 18.4. The van der Waals surface area contributed by atoms with Crippen molar-refractivity contribution in [3.63, 3.8) is 0 Å². The average molecular weight is 377 g/mol. The number of aromatic amines is 1. The van der Waals surface area contributed by atoms with Crippen LogP contribution in [0.3, 0.4) is 0 Å². The van der Waals surface area contributed by atoms with Gasteiger partial charge in [0.2, 0.25) is 0 Å². The zero-order chi connectivity index (χ0) is 19.3. The molecule has 1 fully saturated rings. The number of hydrogen-bond acceptors (Lipinski definition) is 2. The Balaban J connectivity index is 1.29. The normalized spacial score (nSPS) is 16.1. The van der Waals surface area contributed by atoms with E-state index in [0.29, 0.717) is 6.54 Å². The summed E-state index contributed by atoms with van der Waals surface area (Å²) < 4.78 is 0. The third-order valence-corrected chi connectivity index (χ3v) is 5.57. The molecule has 2 heterocycles. The van der Waals surface area contributed by atoms with Crippen molar-refractivity contribution < 1.29 is 14.7 Å². The fourth-order valence-corrected chi connectivity index (χ4v) is 3.90. The molecule has 0 radical (unpaired) electrons. The Bertz CT molecular complexity index is 935. The topological polar surface area (TPSA) is 50.9 Å². The second kappa shape index (κ2) is 8.40. The Morgan fingerprint density at radius 1 is 1.07 bits per heavy atom. The number of aromatic nitrogens is 1. The lowest BCUT2D eigenvalue weighted by atomic mass is 10.0. The van der Waals surface area contributed by atoms with E-state index in [4.69, 9.17) is 0 Å². The summed E-state index contributed by atoms with van der Waals surface area (Å²) in [6.07, 6.45) is 1.95. The summed E-state index contributed by atoms with van der Waals surface area (Å²) >= 11 is 0. The van der Waals surface area contributed by atoms with Gasteiger partial charge in [0.15, 0.2) is 6.54 Å². The number of carbonyl (C=O) groups excluding carboxylic acids is 1. The molecule has 1 aromatic heterocycles. The first-order valence-electron chi connectivity index (χ1n) is 10.0. The van der Waals surface area contributed by atoms with Crippen LogP contribution >= 0.6 is 0 Å². The van der Waals surface area contributed by atoms with Crippen LogP contribution in [0, 0.1) is 0 Å². The highest BCUT2D eigenvalue weighted by Crippen LogP contribution is 2.20. The molecule has 1 atom stereocenters. The number of rotatable bonds is 5. The predicted octanol–water partition coefficient (Wildman–Crippen LogP) is 1.24. The maximum absolute atomic E-state index is 12.6. The molecule has 3 N–H and O–H groups in total. The Morgan fingerprint density at radius 2 is 1.82 bits per heavy atom. The van der Waals surface area contributed by atoms with E-state index in [-0.39, 0.29) is 11.9 Å². The minimum absolute atomic E-state index is 0.0108. The van der Waals surface area contributed by atoms with E-state index in [9.17, 15) is 4.79 Å². The molecule has 5 nitrogen and oxygen atoms in total. The molecule has 1 amide bonds. The van der Waals surface area contributed by atoms with Crippen molar-refractivity contribution in [3.05, 3.63) is 72.4 Å². The molecule has 0 saturated carbocycles. The molecule has 144 valence electrons. The van der Waals surface area contributed by atoms with Gasteiger partial charge in [-0.05, 0) is 35.4 Å². The number of hydrogen-bond donors (Lipinski definition) is 2. The van der Waals surface area contributed by atoms with Crippen molar-refractivity contribution in [2.45, 2.75) is 13.0 Å². The van der Waals surface area contributed by atoms with Gasteiger partial charge in [0.1, 0.15) is 26.2 Å². The van der Waals surface area contributed by atoms with Crippen LogP contribution in [0.1, 0.15) is 18.5 Å². The van der Waals surface area contributed by atoms with Crippen LogP contribution in [0.2, 0.25) is 0 Å². The number of pyridine rings is 1. The molecule has 4 rings (SSSR count). The van der Waals surface area contributed by atoms with E-state index in [2.05, 4.69) is 58.5 Å². The molecule has 28 heavy (non-hydrogen) atoms. The first-order chi connectivity index (χ1) is 13.7. The summed E-state index contributed by atoms with van der Waals surface area (Å²) in [5.74, 6) is 1.27. The molecule has 5 heteroatoms. The number of nitrogens with one attached hydrogen (secondary N) is 3. The lowest BCUT2D eigenvalue weighted by Gasteiger charge is -2.28. The zero-order valence-corrected chi connectivity index (χ0v) is 16.3. The van der Waals surface area contributed by atoms with Crippen LogP contribution in [0.4, 0.5) is 5.82 Å². The minimum Gasteiger partial charge on any atom is -0.345 e. The molecule has 0 aliphatic carbocycles. The van der Waals surface area contributed by atoms with Gasteiger partial charge in [0.25, 0.3) is 11.7 Å². The van der Waals surface area contributed by atoms with Gasteiger partial charge < -0.3 is 10.2 Å². The van der Waals surface area contributed by atoms with Crippen molar-refractivity contribution in [3.8, 4) is 0 Å². The second-order valence-corrected chi connectivity index (χ2v) is 7.56. The molecular formula is C23H28N4O+2. The Labute approximate surface area is 166 Å². The molecule has 0 unspecified atom stereocenters. The molecule has 0 bridgehead atoms. The quantitative estimate of drug-likeness (QED) is 0.704. The van der Waals surface area contributed by atoms with E-state index in [0.717, 1.165) is 37.6 Å². The standard InChI is InChI=1S/C23H26N4O/c1-18(20-10-9-19-6-2-3-7-21(19)16-20)25-23(28)17-26-12-14-27(15-13-26)22-8-4-5-11-24-22/h2-11,16,18H,12-15,17H2,1H3,(H,25,28)/p+2/t18-/m0/s1. The molecule has 1 aliphatic heterocycles. The third kappa shape index (κ3) is 4.31. The highest BCUT2D eigenvalue weighted by atomic mass is 16.2. The van der Waals surface area contributed by atoms with E-state index in [1.54, 1.807) is 0 Å². The number of nitrogens with zero attached hydrogens (tertiary/aromatic N) is 1. The summed E-state index contributed by atoms with van der Waals surface area (Å²) in [7, 11) is 0. The molecule has 1 aliphatic rings. The van der Waals surface area contributed by atoms with Crippen molar-refractivity contribution in [1.29, 1.82) is 0 Å². The maximum atomic E-state index is 12.6. The summed E-state index contributed by atoms with van der Waals surface area (Å²) in [5, 5.41) is 5.61. The van der Waals surface area contributed by atoms with Crippen molar-refractivity contribution >= 4 is 22.5 Å². The number of benzene rings is 2. The van der Waals surface area contributed by atoms with Crippen LogP contribution in [0.5, 0.6) is 0 Å². The second-order valence-electron chi connectivity index (χ2n) is 7.56. The van der Waals surface area contributed by atoms with Gasteiger partial charge >= 0.3 is 0 Å². The maximum Gasteiger partial charge on any atom is 0.275 e. The molecule has 1 saturated heterocycles. The Hall–Kier alpha value is -2.92. The summed E-state index contributed by atoms with van der Waals surface area (Å²) in [6, 6.07) is 20.9. The number of anilines is 1. The fraction of sp³-hybridized carbons (Fsp3) is 0.304. The number of H-pyrrole nitrogens is 1. The molecule has 2 aromatic carbocycles. The smallest absolute Gasteiger partial charge is 0.275 e. The number of carbonyl (C=O) groups is 1. The van der Waals surface area contributed by atoms with E-state index >= 15 is 0 Å². The summed E-state index contributed by atoms with van der Waals surface area (Å²) in [4.78, 5) is 19.5.